The van der Waals surface area contributed by atoms with Crippen LogP contribution in [-0.2, 0) is 0 Å². The van der Waals surface area contributed by atoms with Crippen LogP contribution >= 0.6 is 11.8 Å². The van der Waals surface area contributed by atoms with E-state index in [0.717, 1.165) is 5.69 Å². The molecule has 0 aliphatic carbocycles. The van der Waals surface area contributed by atoms with Crippen LogP contribution in [0.4, 0.5) is 5.69 Å². The molecule has 84 valence electrons. The lowest BCUT2D eigenvalue weighted by atomic mass is 10.0. The summed E-state index contributed by atoms with van der Waals surface area (Å²) in [4.78, 5) is 1.20. The van der Waals surface area contributed by atoms with Gasteiger partial charge in [0, 0.05) is 16.6 Å². The summed E-state index contributed by atoms with van der Waals surface area (Å²) in [5.41, 5.74) is 2.49. The topological polar surface area (TPSA) is 35.8 Å². The summed E-state index contributed by atoms with van der Waals surface area (Å²) in [6, 6.07) is 9.05. The lowest BCUT2D eigenvalue weighted by Crippen LogP contribution is -2.30. The zero-order chi connectivity index (χ0) is 11.7. The molecule has 0 fully saturated rings. The fraction of sp³-hybridized carbons (Fsp3) is 0.462. The van der Waals surface area contributed by atoms with Crippen LogP contribution in [0, 0.1) is 11.3 Å². The number of nitriles is 1. The van der Waals surface area contributed by atoms with Crippen molar-refractivity contribution < 1.29 is 0 Å². The highest BCUT2D eigenvalue weighted by molar-refractivity contribution is 8.00. The van der Waals surface area contributed by atoms with Gasteiger partial charge in [0.25, 0.3) is 0 Å². The van der Waals surface area contributed by atoms with Crippen LogP contribution in [0.25, 0.3) is 0 Å². The molecule has 2 atom stereocenters. The number of thioether (sulfide) groups is 1. The SMILES string of the molecule is CC(C)c1ccc2c(c1)SC(C#N)C(C)N2. The molecule has 1 heterocycles. The maximum atomic E-state index is 9.05. The molecule has 1 aromatic carbocycles. The van der Waals surface area contributed by atoms with Crippen molar-refractivity contribution in [3.8, 4) is 6.07 Å². The fourth-order valence-corrected chi connectivity index (χ4v) is 2.87. The Bertz CT molecular complexity index is 434. The van der Waals surface area contributed by atoms with Gasteiger partial charge in [-0.1, -0.05) is 19.9 Å². The van der Waals surface area contributed by atoms with Crippen molar-refractivity contribution in [3.05, 3.63) is 23.8 Å². The Hall–Kier alpha value is -1.14. The average molecular weight is 232 g/mol. The number of hydrogen-bond donors (Lipinski definition) is 1. The summed E-state index contributed by atoms with van der Waals surface area (Å²) in [5.74, 6) is 0.533. The molecule has 0 aromatic heterocycles. The van der Waals surface area contributed by atoms with Crippen LogP contribution in [0.15, 0.2) is 23.1 Å². The maximum absolute atomic E-state index is 9.05. The number of rotatable bonds is 1. The first-order chi connectivity index (χ1) is 7.61. The third-order valence-electron chi connectivity index (χ3n) is 2.89. The predicted octanol–water partition coefficient (Wildman–Crippen LogP) is 3.61. The second-order valence-corrected chi connectivity index (χ2v) is 5.69. The van der Waals surface area contributed by atoms with Gasteiger partial charge in [-0.3, -0.25) is 0 Å². The van der Waals surface area contributed by atoms with Gasteiger partial charge in [-0.15, -0.1) is 11.8 Å². The Morgan fingerprint density at radius 3 is 2.81 bits per heavy atom. The number of nitrogens with zero attached hydrogens (tertiary/aromatic N) is 1. The van der Waals surface area contributed by atoms with E-state index in [1.165, 1.54) is 10.5 Å². The second kappa shape index (κ2) is 4.39. The molecule has 0 saturated heterocycles. The Labute approximate surface area is 101 Å². The standard InChI is InChI=1S/C13H16N2S/c1-8(2)10-4-5-11-12(6-10)16-13(7-14)9(3)15-11/h4-6,8-9,13,15H,1-3H3. The molecule has 2 nitrogen and oxygen atoms in total. The zero-order valence-corrected chi connectivity index (χ0v) is 10.6. The van der Waals surface area contributed by atoms with Crippen LogP contribution in [-0.4, -0.2) is 11.3 Å². The molecule has 0 saturated carbocycles. The third-order valence-corrected chi connectivity index (χ3v) is 4.25. The van der Waals surface area contributed by atoms with E-state index in [0.29, 0.717) is 5.92 Å². The van der Waals surface area contributed by atoms with E-state index < -0.39 is 0 Å². The molecular weight excluding hydrogens is 216 g/mol. The highest BCUT2D eigenvalue weighted by atomic mass is 32.2. The third kappa shape index (κ3) is 2.03. The molecule has 0 radical (unpaired) electrons. The first-order valence-electron chi connectivity index (χ1n) is 5.58. The minimum absolute atomic E-state index is 0.00918. The predicted molar refractivity (Wildman–Crippen MR) is 68.9 cm³/mol. The summed E-state index contributed by atoms with van der Waals surface area (Å²) in [6.07, 6.45) is 0. The number of anilines is 1. The molecule has 0 spiro atoms. The lowest BCUT2D eigenvalue weighted by molar-refractivity contribution is 0.814. The summed E-state index contributed by atoms with van der Waals surface area (Å²) in [7, 11) is 0. The molecule has 0 bridgehead atoms. The van der Waals surface area contributed by atoms with E-state index in [4.69, 9.17) is 5.26 Å². The Kier molecular flexibility index (Phi) is 3.11. The van der Waals surface area contributed by atoms with Crippen molar-refractivity contribution in [2.24, 2.45) is 0 Å². The maximum Gasteiger partial charge on any atom is 0.116 e. The first-order valence-corrected chi connectivity index (χ1v) is 6.46. The van der Waals surface area contributed by atoms with Crippen molar-refractivity contribution >= 4 is 17.4 Å². The van der Waals surface area contributed by atoms with Crippen LogP contribution in [0.1, 0.15) is 32.3 Å². The van der Waals surface area contributed by atoms with Crippen molar-refractivity contribution in [1.29, 1.82) is 5.26 Å². The van der Waals surface area contributed by atoms with Crippen LogP contribution in [0.3, 0.4) is 0 Å². The van der Waals surface area contributed by atoms with E-state index in [-0.39, 0.29) is 11.3 Å². The van der Waals surface area contributed by atoms with E-state index in [1.807, 2.05) is 0 Å². The van der Waals surface area contributed by atoms with Gasteiger partial charge in [0.1, 0.15) is 5.25 Å². The number of hydrogen-bond acceptors (Lipinski definition) is 3. The first kappa shape index (κ1) is 11.3. The van der Waals surface area contributed by atoms with Gasteiger partial charge in [-0.2, -0.15) is 5.26 Å². The fourth-order valence-electron chi connectivity index (χ4n) is 1.81. The van der Waals surface area contributed by atoms with Gasteiger partial charge in [-0.25, -0.2) is 0 Å². The average Bonchev–Trinajstić information content (AvgIpc) is 2.27. The number of benzene rings is 1. The quantitative estimate of drug-likeness (QED) is 0.803. The Balaban J connectivity index is 2.34. The molecule has 1 aromatic rings. The second-order valence-electron chi connectivity index (χ2n) is 4.51. The lowest BCUT2D eigenvalue weighted by Gasteiger charge is -2.28. The van der Waals surface area contributed by atoms with Gasteiger partial charge >= 0.3 is 0 Å². The van der Waals surface area contributed by atoms with Crippen LogP contribution in [0.5, 0.6) is 0 Å². The van der Waals surface area contributed by atoms with E-state index in [2.05, 4.69) is 50.4 Å². The van der Waals surface area contributed by atoms with Crippen molar-refractivity contribution in [3.63, 3.8) is 0 Å². The molecular formula is C13H16N2S. The summed E-state index contributed by atoms with van der Waals surface area (Å²) in [5, 5.41) is 12.4. The summed E-state index contributed by atoms with van der Waals surface area (Å²) in [6.45, 7) is 6.43. The van der Waals surface area contributed by atoms with Gasteiger partial charge in [0.15, 0.2) is 0 Å². The van der Waals surface area contributed by atoms with Crippen molar-refractivity contribution in [2.75, 3.05) is 5.32 Å². The molecule has 1 N–H and O–H groups in total. The van der Waals surface area contributed by atoms with Crippen LogP contribution < -0.4 is 5.32 Å². The largest absolute Gasteiger partial charge is 0.379 e. The molecule has 0 amide bonds. The monoisotopic (exact) mass is 232 g/mol. The molecule has 3 heteroatoms. The molecule has 16 heavy (non-hydrogen) atoms. The normalized spacial score (nSPS) is 23.4. The van der Waals surface area contributed by atoms with Crippen molar-refractivity contribution in [1.82, 2.24) is 0 Å². The molecule has 2 rings (SSSR count). The number of nitrogens with one attached hydrogen (secondary N) is 1. The minimum atomic E-state index is 0.00918. The van der Waals surface area contributed by atoms with Crippen molar-refractivity contribution in [2.45, 2.75) is 42.9 Å². The Morgan fingerprint density at radius 1 is 1.44 bits per heavy atom. The summed E-state index contributed by atoms with van der Waals surface area (Å²) >= 11 is 1.67. The van der Waals surface area contributed by atoms with E-state index in [1.54, 1.807) is 11.8 Å². The number of fused-ring (bicyclic) bond motifs is 1. The molecule has 1 aliphatic heterocycles. The van der Waals surface area contributed by atoms with Gasteiger partial charge < -0.3 is 5.32 Å². The van der Waals surface area contributed by atoms with Crippen LogP contribution in [0.2, 0.25) is 0 Å². The molecule has 1 aliphatic rings. The summed E-state index contributed by atoms with van der Waals surface area (Å²) < 4.78 is 0. The van der Waals surface area contributed by atoms with Gasteiger partial charge in [0.2, 0.25) is 0 Å². The highest BCUT2D eigenvalue weighted by Gasteiger charge is 2.25. The minimum Gasteiger partial charge on any atom is -0.379 e. The van der Waals surface area contributed by atoms with Gasteiger partial charge in [0.05, 0.1) is 6.07 Å². The molecule has 2 unspecified atom stereocenters. The van der Waals surface area contributed by atoms with Gasteiger partial charge in [-0.05, 0) is 30.5 Å². The van der Waals surface area contributed by atoms with E-state index >= 15 is 0 Å². The smallest absolute Gasteiger partial charge is 0.116 e. The Morgan fingerprint density at radius 2 is 2.19 bits per heavy atom. The van der Waals surface area contributed by atoms with E-state index in [9.17, 15) is 0 Å². The zero-order valence-electron chi connectivity index (χ0n) is 9.82. The highest BCUT2D eigenvalue weighted by Crippen LogP contribution is 2.38.